The first-order valence-electron chi connectivity index (χ1n) is 10.9. The minimum atomic E-state index is -0.809. The molecule has 3 aromatic carbocycles. The minimum absolute atomic E-state index is 0.0613. The highest BCUT2D eigenvalue weighted by molar-refractivity contribution is 5.94. The van der Waals surface area contributed by atoms with Crippen LogP contribution >= 0.6 is 0 Å². The predicted molar refractivity (Wildman–Crippen MR) is 130 cm³/mol. The Morgan fingerprint density at radius 3 is 2.21 bits per heavy atom. The van der Waals surface area contributed by atoms with Gasteiger partial charge in [0.25, 0.3) is 5.91 Å². The van der Waals surface area contributed by atoms with Crippen molar-refractivity contribution in [3.63, 3.8) is 0 Å². The van der Waals surface area contributed by atoms with E-state index >= 15 is 0 Å². The van der Waals surface area contributed by atoms with Crippen LogP contribution in [-0.4, -0.2) is 35.5 Å². The third-order valence-electron chi connectivity index (χ3n) is 5.37. The van der Waals surface area contributed by atoms with E-state index in [0.717, 1.165) is 22.3 Å². The second-order valence-electron chi connectivity index (χ2n) is 7.97. The Morgan fingerprint density at radius 1 is 0.879 bits per heavy atom. The summed E-state index contributed by atoms with van der Waals surface area (Å²) in [5.74, 6) is -0.163. The van der Waals surface area contributed by atoms with Crippen LogP contribution in [0.5, 0.6) is 5.75 Å². The van der Waals surface area contributed by atoms with E-state index in [2.05, 4.69) is 0 Å². The lowest BCUT2D eigenvalue weighted by molar-refractivity contribution is -0.136. The number of carboxylic acids is 1. The van der Waals surface area contributed by atoms with Gasteiger partial charge in [-0.05, 0) is 48.7 Å². The Morgan fingerprint density at radius 2 is 1.52 bits per heavy atom. The summed E-state index contributed by atoms with van der Waals surface area (Å²) in [5.41, 5.74) is 4.70. The SMILES string of the molecule is C/C(=C\COc1ccccc1CN(C)C(=O)c1ccc(-c2ccccc2)cc1)CCC(=O)O. The summed E-state index contributed by atoms with van der Waals surface area (Å²) >= 11 is 0. The lowest BCUT2D eigenvalue weighted by atomic mass is 10.0. The summed E-state index contributed by atoms with van der Waals surface area (Å²) in [6, 6.07) is 25.3. The van der Waals surface area contributed by atoms with Gasteiger partial charge in [-0.1, -0.05) is 66.2 Å². The van der Waals surface area contributed by atoms with E-state index in [4.69, 9.17) is 9.84 Å². The number of allylic oxidation sites excluding steroid dienone is 1. The summed E-state index contributed by atoms with van der Waals surface area (Å²) < 4.78 is 5.90. The fourth-order valence-electron chi connectivity index (χ4n) is 3.44. The van der Waals surface area contributed by atoms with Crippen molar-refractivity contribution >= 4 is 11.9 Å². The number of para-hydroxylation sites is 1. The maximum Gasteiger partial charge on any atom is 0.303 e. The van der Waals surface area contributed by atoms with Gasteiger partial charge in [0.1, 0.15) is 12.4 Å². The van der Waals surface area contributed by atoms with E-state index in [0.29, 0.717) is 30.9 Å². The van der Waals surface area contributed by atoms with Crippen LogP contribution in [0.3, 0.4) is 0 Å². The Hall–Kier alpha value is -3.86. The van der Waals surface area contributed by atoms with Gasteiger partial charge >= 0.3 is 5.97 Å². The number of hydrogen-bond donors (Lipinski definition) is 1. The predicted octanol–water partition coefficient (Wildman–Crippen LogP) is 5.82. The molecule has 0 spiro atoms. The van der Waals surface area contributed by atoms with Gasteiger partial charge in [-0.25, -0.2) is 0 Å². The Bertz CT molecular complexity index is 1100. The lowest BCUT2D eigenvalue weighted by Gasteiger charge is -2.19. The average Bonchev–Trinajstić information content (AvgIpc) is 2.84. The van der Waals surface area contributed by atoms with Crippen molar-refractivity contribution in [3.8, 4) is 16.9 Å². The van der Waals surface area contributed by atoms with Crippen LogP contribution in [-0.2, 0) is 11.3 Å². The number of nitrogens with zero attached hydrogens (tertiary/aromatic N) is 1. The molecular weight excluding hydrogens is 414 g/mol. The first kappa shape index (κ1) is 23.8. The zero-order chi connectivity index (χ0) is 23.6. The maximum atomic E-state index is 13.0. The molecule has 5 nitrogen and oxygen atoms in total. The van der Waals surface area contributed by atoms with Gasteiger partial charge in [0.05, 0.1) is 0 Å². The molecule has 0 aliphatic rings. The first-order valence-corrected chi connectivity index (χ1v) is 10.9. The average molecular weight is 444 g/mol. The quantitative estimate of drug-likeness (QED) is 0.401. The molecule has 1 N–H and O–H groups in total. The highest BCUT2D eigenvalue weighted by atomic mass is 16.5. The van der Waals surface area contributed by atoms with E-state index in [1.54, 1.807) is 11.9 Å². The van der Waals surface area contributed by atoms with Crippen LogP contribution in [0.2, 0.25) is 0 Å². The molecule has 0 atom stereocenters. The number of carboxylic acid groups (broad SMARTS) is 1. The fraction of sp³-hybridized carbons (Fsp3) is 0.214. The summed E-state index contributed by atoms with van der Waals surface area (Å²) in [4.78, 5) is 25.3. The number of ether oxygens (including phenoxy) is 1. The van der Waals surface area contributed by atoms with Crippen LogP contribution in [0, 0.1) is 0 Å². The van der Waals surface area contributed by atoms with Crippen molar-refractivity contribution in [2.24, 2.45) is 0 Å². The van der Waals surface area contributed by atoms with Gasteiger partial charge in [-0.2, -0.15) is 0 Å². The van der Waals surface area contributed by atoms with Gasteiger partial charge in [0.15, 0.2) is 0 Å². The third kappa shape index (κ3) is 7.07. The fourth-order valence-corrected chi connectivity index (χ4v) is 3.44. The van der Waals surface area contributed by atoms with Crippen LogP contribution in [0.4, 0.5) is 0 Å². The van der Waals surface area contributed by atoms with E-state index < -0.39 is 5.97 Å². The van der Waals surface area contributed by atoms with Crippen LogP contribution < -0.4 is 4.74 Å². The molecule has 0 bridgehead atoms. The zero-order valence-corrected chi connectivity index (χ0v) is 19.0. The molecule has 5 heteroatoms. The molecule has 0 aromatic heterocycles. The monoisotopic (exact) mass is 443 g/mol. The molecular formula is C28H29NO4. The molecule has 0 saturated heterocycles. The van der Waals surface area contributed by atoms with Crippen molar-refractivity contribution in [3.05, 3.63) is 102 Å². The Kier molecular flexibility index (Phi) is 8.42. The second kappa shape index (κ2) is 11.7. The number of carbonyl (C=O) groups excluding carboxylic acids is 1. The number of amides is 1. The Labute approximate surface area is 194 Å². The second-order valence-corrected chi connectivity index (χ2v) is 7.97. The number of rotatable bonds is 10. The van der Waals surface area contributed by atoms with Gasteiger partial charge in [0, 0.05) is 31.1 Å². The minimum Gasteiger partial charge on any atom is -0.489 e. The van der Waals surface area contributed by atoms with E-state index in [1.165, 1.54) is 0 Å². The molecule has 1 amide bonds. The number of carbonyl (C=O) groups is 2. The first-order chi connectivity index (χ1) is 15.9. The number of hydrogen-bond acceptors (Lipinski definition) is 3. The number of benzene rings is 3. The van der Waals surface area contributed by atoms with E-state index in [1.807, 2.05) is 91.9 Å². The van der Waals surface area contributed by atoms with Gasteiger partial charge in [-0.15, -0.1) is 0 Å². The van der Waals surface area contributed by atoms with Crippen molar-refractivity contribution in [1.29, 1.82) is 0 Å². The molecule has 0 heterocycles. The molecule has 0 fully saturated rings. The zero-order valence-electron chi connectivity index (χ0n) is 19.0. The molecule has 0 aliphatic carbocycles. The molecule has 0 unspecified atom stereocenters. The smallest absolute Gasteiger partial charge is 0.303 e. The van der Waals surface area contributed by atoms with Gasteiger partial charge < -0.3 is 14.7 Å². The summed E-state index contributed by atoms with van der Waals surface area (Å²) in [7, 11) is 1.78. The highest BCUT2D eigenvalue weighted by Crippen LogP contribution is 2.22. The summed E-state index contributed by atoms with van der Waals surface area (Å²) in [6.45, 7) is 2.66. The number of aliphatic carboxylic acids is 1. The van der Waals surface area contributed by atoms with E-state index in [-0.39, 0.29) is 12.3 Å². The molecule has 0 radical (unpaired) electrons. The molecule has 3 rings (SSSR count). The normalized spacial score (nSPS) is 11.2. The molecule has 170 valence electrons. The van der Waals surface area contributed by atoms with Crippen LogP contribution in [0.1, 0.15) is 35.7 Å². The topological polar surface area (TPSA) is 66.8 Å². The molecule has 0 aliphatic heterocycles. The summed E-state index contributed by atoms with van der Waals surface area (Å²) in [6.07, 6.45) is 2.50. The maximum absolute atomic E-state index is 13.0. The van der Waals surface area contributed by atoms with Crippen molar-refractivity contribution < 1.29 is 19.4 Å². The van der Waals surface area contributed by atoms with Gasteiger partial charge in [-0.3, -0.25) is 9.59 Å². The highest BCUT2D eigenvalue weighted by Gasteiger charge is 2.14. The van der Waals surface area contributed by atoms with E-state index in [9.17, 15) is 9.59 Å². The lowest BCUT2D eigenvalue weighted by Crippen LogP contribution is -2.26. The van der Waals surface area contributed by atoms with Crippen LogP contribution in [0.15, 0.2) is 90.5 Å². The Balaban J connectivity index is 1.62. The van der Waals surface area contributed by atoms with Crippen molar-refractivity contribution in [2.45, 2.75) is 26.3 Å². The standard InChI is InChI=1S/C28H29NO4/c1-21(12-17-27(30)31)18-19-33-26-11-7-6-10-25(26)20-29(2)28(32)24-15-13-23(14-16-24)22-8-4-3-5-9-22/h3-11,13-16,18H,12,17,19-20H2,1-2H3,(H,30,31)/b21-18+. The third-order valence-corrected chi connectivity index (χ3v) is 5.37. The van der Waals surface area contributed by atoms with Gasteiger partial charge in [0.2, 0.25) is 0 Å². The largest absolute Gasteiger partial charge is 0.489 e. The molecule has 3 aromatic rings. The summed E-state index contributed by atoms with van der Waals surface area (Å²) in [5, 5.41) is 8.79. The van der Waals surface area contributed by atoms with Crippen molar-refractivity contribution in [2.75, 3.05) is 13.7 Å². The molecule has 0 saturated carbocycles. The van der Waals surface area contributed by atoms with Crippen LogP contribution in [0.25, 0.3) is 11.1 Å². The molecule has 33 heavy (non-hydrogen) atoms. The van der Waals surface area contributed by atoms with Crippen molar-refractivity contribution in [1.82, 2.24) is 4.90 Å².